The molecular weight excluding hydrogens is 277 g/mol. The molecule has 0 amide bonds. The molecule has 0 aliphatic rings. The summed E-state index contributed by atoms with van der Waals surface area (Å²) in [5.74, 6) is -0.261. The van der Waals surface area contributed by atoms with Crippen LogP contribution in [0.3, 0.4) is 0 Å². The summed E-state index contributed by atoms with van der Waals surface area (Å²) in [5.41, 5.74) is 0. The van der Waals surface area contributed by atoms with Gasteiger partial charge in [-0.1, -0.05) is 12.1 Å². The number of benzene rings is 1. The van der Waals surface area contributed by atoms with Crippen molar-refractivity contribution in [2.24, 2.45) is 0 Å². The fourth-order valence-corrected chi connectivity index (χ4v) is 4.06. The van der Waals surface area contributed by atoms with E-state index >= 15 is 0 Å². The van der Waals surface area contributed by atoms with Crippen molar-refractivity contribution >= 4 is 13.7 Å². The summed E-state index contributed by atoms with van der Waals surface area (Å²) in [6, 6.07) is 5.77. The molecule has 108 valence electrons. The highest BCUT2D eigenvalue weighted by Crippen LogP contribution is 2.22. The SMILES string of the molecule is CCO[Si](C)(OCC)c1cccc(OC(F)(F)F)c1. The molecule has 0 radical (unpaired) electrons. The van der Waals surface area contributed by atoms with E-state index in [0.717, 1.165) is 0 Å². The molecule has 1 aromatic rings. The molecular formula is C12H17F3O3Si. The van der Waals surface area contributed by atoms with E-state index in [1.807, 2.05) is 13.8 Å². The smallest absolute Gasteiger partial charge is 0.406 e. The van der Waals surface area contributed by atoms with Gasteiger partial charge in [0.15, 0.2) is 0 Å². The topological polar surface area (TPSA) is 27.7 Å². The van der Waals surface area contributed by atoms with Gasteiger partial charge in [-0.2, -0.15) is 0 Å². The van der Waals surface area contributed by atoms with Crippen LogP contribution < -0.4 is 9.92 Å². The third-order valence-electron chi connectivity index (χ3n) is 2.43. The van der Waals surface area contributed by atoms with Gasteiger partial charge in [0.25, 0.3) is 0 Å². The van der Waals surface area contributed by atoms with Gasteiger partial charge in [0.2, 0.25) is 0 Å². The van der Waals surface area contributed by atoms with Crippen molar-refractivity contribution in [2.45, 2.75) is 26.8 Å². The summed E-state index contributed by atoms with van der Waals surface area (Å²) in [5, 5.41) is 0.609. The van der Waals surface area contributed by atoms with E-state index in [2.05, 4.69) is 4.74 Å². The van der Waals surface area contributed by atoms with Crippen LogP contribution in [0.2, 0.25) is 6.55 Å². The van der Waals surface area contributed by atoms with Gasteiger partial charge in [-0.05, 0) is 37.7 Å². The van der Waals surface area contributed by atoms with Crippen molar-refractivity contribution < 1.29 is 26.8 Å². The second kappa shape index (κ2) is 6.40. The van der Waals surface area contributed by atoms with Gasteiger partial charge in [0, 0.05) is 13.2 Å². The highest BCUT2D eigenvalue weighted by Gasteiger charge is 2.35. The van der Waals surface area contributed by atoms with E-state index in [-0.39, 0.29) is 5.75 Å². The molecule has 0 saturated heterocycles. The van der Waals surface area contributed by atoms with Gasteiger partial charge < -0.3 is 13.6 Å². The number of halogens is 3. The third-order valence-corrected chi connectivity index (χ3v) is 5.47. The lowest BCUT2D eigenvalue weighted by molar-refractivity contribution is -0.274. The maximum Gasteiger partial charge on any atom is 0.573 e. The van der Waals surface area contributed by atoms with E-state index < -0.39 is 14.9 Å². The zero-order valence-electron chi connectivity index (χ0n) is 11.1. The summed E-state index contributed by atoms with van der Waals surface area (Å²) >= 11 is 0. The van der Waals surface area contributed by atoms with Crippen molar-refractivity contribution in [1.82, 2.24) is 0 Å². The van der Waals surface area contributed by atoms with Crippen LogP contribution in [0.1, 0.15) is 13.8 Å². The minimum atomic E-state index is -4.70. The predicted octanol–water partition coefficient (Wildman–Crippen LogP) is 2.94. The summed E-state index contributed by atoms with van der Waals surface area (Å²) in [4.78, 5) is 0. The van der Waals surface area contributed by atoms with Crippen molar-refractivity contribution in [3.05, 3.63) is 24.3 Å². The molecule has 0 aromatic heterocycles. The van der Waals surface area contributed by atoms with Crippen molar-refractivity contribution in [2.75, 3.05) is 13.2 Å². The number of rotatable bonds is 6. The summed E-state index contributed by atoms with van der Waals surface area (Å²) in [6.45, 7) is 6.31. The zero-order chi connectivity index (χ0) is 14.5. The molecule has 0 bridgehead atoms. The lowest BCUT2D eigenvalue weighted by Crippen LogP contribution is -2.51. The fourth-order valence-electron chi connectivity index (χ4n) is 1.73. The minimum absolute atomic E-state index is 0.261. The van der Waals surface area contributed by atoms with Crippen LogP contribution in [0.4, 0.5) is 13.2 Å². The maximum absolute atomic E-state index is 12.2. The quantitative estimate of drug-likeness (QED) is 0.755. The van der Waals surface area contributed by atoms with Crippen molar-refractivity contribution in [3.8, 4) is 5.75 Å². The normalized spacial score (nSPS) is 12.5. The molecule has 0 spiro atoms. The van der Waals surface area contributed by atoms with Gasteiger partial charge in [-0.15, -0.1) is 13.2 Å². The molecule has 0 heterocycles. The van der Waals surface area contributed by atoms with Crippen LogP contribution in [-0.4, -0.2) is 28.1 Å². The maximum atomic E-state index is 12.2. The molecule has 0 atom stereocenters. The standard InChI is InChI=1S/C12H17F3O3Si/c1-4-16-19(3,17-5-2)11-8-6-7-10(9-11)18-12(13,14)15/h6-9H,4-5H2,1-3H3. The molecule has 0 fully saturated rings. The molecule has 7 heteroatoms. The van der Waals surface area contributed by atoms with Crippen LogP contribution in [0, 0.1) is 0 Å². The van der Waals surface area contributed by atoms with Gasteiger partial charge in [0.05, 0.1) is 0 Å². The zero-order valence-corrected chi connectivity index (χ0v) is 12.1. The molecule has 1 aromatic carbocycles. The first-order valence-corrected chi connectivity index (χ1v) is 8.26. The van der Waals surface area contributed by atoms with Crippen LogP contribution in [0.25, 0.3) is 0 Å². The Labute approximate surface area is 111 Å². The summed E-state index contributed by atoms with van der Waals surface area (Å²) in [6.07, 6.45) is -4.70. The van der Waals surface area contributed by atoms with Gasteiger partial charge in [0.1, 0.15) is 5.75 Å². The van der Waals surface area contributed by atoms with Crippen molar-refractivity contribution in [1.29, 1.82) is 0 Å². The third kappa shape index (κ3) is 4.85. The molecule has 19 heavy (non-hydrogen) atoms. The van der Waals surface area contributed by atoms with Crippen molar-refractivity contribution in [3.63, 3.8) is 0 Å². The lowest BCUT2D eigenvalue weighted by Gasteiger charge is -2.26. The van der Waals surface area contributed by atoms with E-state index in [1.54, 1.807) is 12.6 Å². The number of ether oxygens (including phenoxy) is 1. The Morgan fingerprint density at radius 1 is 1.11 bits per heavy atom. The van der Waals surface area contributed by atoms with Crippen LogP contribution >= 0.6 is 0 Å². The predicted molar refractivity (Wildman–Crippen MR) is 67.6 cm³/mol. The van der Waals surface area contributed by atoms with Crippen LogP contribution in [0.15, 0.2) is 24.3 Å². The molecule has 0 aliphatic carbocycles. The highest BCUT2D eigenvalue weighted by atomic mass is 28.4. The molecule has 0 unspecified atom stereocenters. The molecule has 0 saturated carbocycles. The minimum Gasteiger partial charge on any atom is -0.406 e. The van der Waals surface area contributed by atoms with E-state index in [4.69, 9.17) is 8.85 Å². The molecule has 0 aliphatic heterocycles. The molecule has 3 nitrogen and oxygen atoms in total. The van der Waals surface area contributed by atoms with E-state index in [9.17, 15) is 13.2 Å². The molecule has 1 rings (SSSR count). The largest absolute Gasteiger partial charge is 0.573 e. The van der Waals surface area contributed by atoms with E-state index in [0.29, 0.717) is 18.4 Å². The van der Waals surface area contributed by atoms with Gasteiger partial charge in [-0.25, -0.2) is 0 Å². The van der Waals surface area contributed by atoms with Gasteiger partial charge >= 0.3 is 14.9 Å². The number of hydrogen-bond donors (Lipinski definition) is 0. The monoisotopic (exact) mass is 294 g/mol. The lowest BCUT2D eigenvalue weighted by atomic mass is 10.3. The Morgan fingerprint density at radius 3 is 2.16 bits per heavy atom. The first kappa shape index (κ1) is 16.0. The first-order chi connectivity index (χ1) is 8.80. The summed E-state index contributed by atoms with van der Waals surface area (Å²) in [7, 11) is -2.68. The van der Waals surface area contributed by atoms with Crippen LogP contribution in [-0.2, 0) is 8.85 Å². The fraction of sp³-hybridized carbons (Fsp3) is 0.500. The first-order valence-electron chi connectivity index (χ1n) is 5.95. The Morgan fingerprint density at radius 2 is 1.68 bits per heavy atom. The average molecular weight is 294 g/mol. The summed E-state index contributed by atoms with van der Waals surface area (Å²) < 4.78 is 51.7. The van der Waals surface area contributed by atoms with Crippen LogP contribution in [0.5, 0.6) is 5.75 Å². The Balaban J connectivity index is 3.01. The second-order valence-electron chi connectivity index (χ2n) is 3.89. The Hall–Kier alpha value is -1.05. The second-order valence-corrected chi connectivity index (χ2v) is 6.93. The average Bonchev–Trinajstić information content (AvgIpc) is 2.27. The molecule has 0 N–H and O–H groups in total. The number of alkyl halides is 3. The van der Waals surface area contributed by atoms with E-state index in [1.165, 1.54) is 18.2 Å². The Bertz CT molecular complexity index is 403. The van der Waals surface area contributed by atoms with Gasteiger partial charge in [-0.3, -0.25) is 0 Å². The Kier molecular flexibility index (Phi) is 5.39. The highest BCUT2D eigenvalue weighted by molar-refractivity contribution is 6.80. The number of hydrogen-bond acceptors (Lipinski definition) is 3.